The fourth-order valence-electron chi connectivity index (χ4n) is 3.07. The smallest absolute Gasteiger partial charge is 0.224 e. The summed E-state index contributed by atoms with van der Waals surface area (Å²) < 4.78 is 0. The molecule has 1 fully saturated rings. The Bertz CT molecular complexity index is 486. The van der Waals surface area contributed by atoms with Crippen molar-refractivity contribution in [3.63, 3.8) is 0 Å². The van der Waals surface area contributed by atoms with E-state index >= 15 is 0 Å². The van der Waals surface area contributed by atoms with Gasteiger partial charge in [0.1, 0.15) is 0 Å². The lowest BCUT2D eigenvalue weighted by Gasteiger charge is -2.28. The number of carbonyl (C=O) groups is 1. The molecule has 102 valence electrons. The molecule has 0 saturated heterocycles. The van der Waals surface area contributed by atoms with Crippen LogP contribution in [-0.2, 0) is 11.2 Å². The van der Waals surface area contributed by atoms with Gasteiger partial charge in [-0.3, -0.25) is 4.79 Å². The Morgan fingerprint density at radius 3 is 3.00 bits per heavy atom. The van der Waals surface area contributed by atoms with Crippen LogP contribution in [0.4, 0.5) is 11.4 Å². The maximum absolute atomic E-state index is 11.3. The van der Waals surface area contributed by atoms with E-state index in [9.17, 15) is 4.79 Å². The highest BCUT2D eigenvalue weighted by Gasteiger charge is 2.20. The largest absolute Gasteiger partial charge is 0.382 e. The van der Waals surface area contributed by atoms with E-state index in [2.05, 4.69) is 16.7 Å². The maximum atomic E-state index is 11.3. The van der Waals surface area contributed by atoms with Gasteiger partial charge in [0.05, 0.1) is 0 Å². The quantitative estimate of drug-likeness (QED) is 0.763. The number of benzene rings is 1. The summed E-state index contributed by atoms with van der Waals surface area (Å²) in [6, 6.07) is 7.03. The summed E-state index contributed by atoms with van der Waals surface area (Å²) in [5, 5.41) is 6.49. The average Bonchev–Trinajstić information content (AvgIpc) is 2.39. The minimum absolute atomic E-state index is 0.117. The number of amides is 1. The molecule has 1 aliphatic carbocycles. The summed E-state index contributed by atoms with van der Waals surface area (Å²) in [5.41, 5.74) is 9.35. The fraction of sp³-hybridized carbons (Fsp3) is 0.533. The van der Waals surface area contributed by atoms with E-state index in [1.54, 1.807) is 0 Å². The summed E-state index contributed by atoms with van der Waals surface area (Å²) in [4.78, 5) is 11.3. The summed E-state index contributed by atoms with van der Waals surface area (Å²) in [6.07, 6.45) is 6.02. The van der Waals surface area contributed by atoms with Gasteiger partial charge in [0.15, 0.2) is 0 Å². The number of carbonyl (C=O) groups excluding carboxylic acids is 1. The third-order valence-corrected chi connectivity index (χ3v) is 4.09. The minimum Gasteiger partial charge on any atom is -0.382 e. The van der Waals surface area contributed by atoms with Crippen LogP contribution in [-0.4, -0.2) is 18.0 Å². The topological polar surface area (TPSA) is 67.1 Å². The third kappa shape index (κ3) is 2.89. The van der Waals surface area contributed by atoms with Gasteiger partial charge in [-0.15, -0.1) is 0 Å². The van der Waals surface area contributed by atoms with Crippen LogP contribution in [0, 0.1) is 0 Å². The Hall–Kier alpha value is -1.55. The van der Waals surface area contributed by atoms with Crippen LogP contribution in [0.15, 0.2) is 18.2 Å². The van der Waals surface area contributed by atoms with Crippen LogP contribution >= 0.6 is 0 Å². The van der Waals surface area contributed by atoms with Crippen LogP contribution in [0.3, 0.4) is 0 Å². The molecule has 1 amide bonds. The number of hydrogen-bond donors (Lipinski definition) is 3. The van der Waals surface area contributed by atoms with Crippen molar-refractivity contribution in [2.45, 2.75) is 50.6 Å². The first kappa shape index (κ1) is 12.5. The Labute approximate surface area is 113 Å². The Balaban J connectivity index is 1.70. The Morgan fingerprint density at radius 1 is 1.26 bits per heavy atom. The van der Waals surface area contributed by atoms with E-state index in [-0.39, 0.29) is 5.91 Å². The molecule has 1 aliphatic heterocycles. The van der Waals surface area contributed by atoms with E-state index in [1.165, 1.54) is 18.4 Å². The van der Waals surface area contributed by atoms with Gasteiger partial charge in [0.2, 0.25) is 5.91 Å². The molecule has 0 spiro atoms. The van der Waals surface area contributed by atoms with Crippen molar-refractivity contribution in [2.75, 3.05) is 10.6 Å². The first-order valence-electron chi connectivity index (χ1n) is 7.15. The van der Waals surface area contributed by atoms with Gasteiger partial charge in [-0.1, -0.05) is 0 Å². The van der Waals surface area contributed by atoms with Gasteiger partial charge in [0.25, 0.3) is 0 Å². The molecule has 4 nitrogen and oxygen atoms in total. The molecule has 1 heterocycles. The molecular formula is C15H21N3O. The molecule has 3 rings (SSSR count). The van der Waals surface area contributed by atoms with E-state index in [0.29, 0.717) is 18.5 Å². The zero-order valence-electron chi connectivity index (χ0n) is 11.1. The maximum Gasteiger partial charge on any atom is 0.224 e. The summed E-state index contributed by atoms with van der Waals surface area (Å²) >= 11 is 0. The SMILES string of the molecule is NC1CCCC(Nc2ccc3c(c2)CCC(=O)N3)C1. The van der Waals surface area contributed by atoms with Gasteiger partial charge >= 0.3 is 0 Å². The molecule has 0 radical (unpaired) electrons. The van der Waals surface area contributed by atoms with Gasteiger partial charge in [-0.25, -0.2) is 0 Å². The molecule has 4 heteroatoms. The number of rotatable bonds is 2. The molecule has 1 saturated carbocycles. The summed E-state index contributed by atoms with van der Waals surface area (Å²) in [7, 11) is 0. The van der Waals surface area contributed by atoms with E-state index in [4.69, 9.17) is 5.73 Å². The predicted octanol–water partition coefficient (Wildman–Crippen LogP) is 2.25. The molecule has 2 aliphatic rings. The second-order valence-electron chi connectivity index (χ2n) is 5.69. The molecule has 4 N–H and O–H groups in total. The van der Waals surface area contributed by atoms with Crippen LogP contribution in [0.2, 0.25) is 0 Å². The lowest BCUT2D eigenvalue weighted by Crippen LogP contribution is -2.34. The molecule has 1 aromatic rings. The van der Waals surface area contributed by atoms with Crippen LogP contribution in [0.25, 0.3) is 0 Å². The van der Waals surface area contributed by atoms with E-state index < -0.39 is 0 Å². The van der Waals surface area contributed by atoms with Crippen molar-refractivity contribution in [1.82, 2.24) is 0 Å². The molecule has 0 bridgehead atoms. The van der Waals surface area contributed by atoms with Crippen molar-refractivity contribution in [3.05, 3.63) is 23.8 Å². The number of nitrogens with two attached hydrogens (primary N) is 1. The number of fused-ring (bicyclic) bond motifs is 1. The standard InChI is InChI=1S/C15H21N3O/c16-11-2-1-3-12(9-11)17-13-5-6-14-10(8-13)4-7-15(19)18-14/h5-6,8,11-12,17H,1-4,7,9,16H2,(H,18,19). The predicted molar refractivity (Wildman–Crippen MR) is 77.2 cm³/mol. The second kappa shape index (κ2) is 5.21. The summed E-state index contributed by atoms with van der Waals surface area (Å²) in [6.45, 7) is 0. The molecule has 1 aromatic carbocycles. The monoisotopic (exact) mass is 259 g/mol. The highest BCUT2D eigenvalue weighted by atomic mass is 16.1. The molecule has 19 heavy (non-hydrogen) atoms. The van der Waals surface area contributed by atoms with Crippen molar-refractivity contribution in [1.29, 1.82) is 0 Å². The highest BCUT2D eigenvalue weighted by Crippen LogP contribution is 2.27. The zero-order valence-corrected chi connectivity index (χ0v) is 11.1. The van der Waals surface area contributed by atoms with Gasteiger partial charge in [-0.05, 0) is 55.9 Å². The van der Waals surface area contributed by atoms with Crippen LogP contribution in [0.5, 0.6) is 0 Å². The minimum atomic E-state index is 0.117. The zero-order chi connectivity index (χ0) is 13.2. The molecule has 2 unspecified atom stereocenters. The van der Waals surface area contributed by atoms with Crippen molar-refractivity contribution < 1.29 is 4.79 Å². The Kier molecular flexibility index (Phi) is 3.42. The number of nitrogens with one attached hydrogen (secondary N) is 2. The van der Waals surface area contributed by atoms with Gasteiger partial charge in [0, 0.05) is 29.9 Å². The third-order valence-electron chi connectivity index (χ3n) is 4.09. The fourth-order valence-corrected chi connectivity index (χ4v) is 3.07. The van der Waals surface area contributed by atoms with E-state index in [0.717, 1.165) is 30.6 Å². The van der Waals surface area contributed by atoms with Crippen LogP contribution < -0.4 is 16.4 Å². The molecule has 2 atom stereocenters. The highest BCUT2D eigenvalue weighted by molar-refractivity contribution is 5.94. The van der Waals surface area contributed by atoms with E-state index in [1.807, 2.05) is 12.1 Å². The van der Waals surface area contributed by atoms with Crippen molar-refractivity contribution in [3.8, 4) is 0 Å². The number of aryl methyl sites for hydroxylation is 1. The van der Waals surface area contributed by atoms with Gasteiger partial charge in [-0.2, -0.15) is 0 Å². The van der Waals surface area contributed by atoms with Crippen LogP contribution in [0.1, 0.15) is 37.7 Å². The summed E-state index contributed by atoms with van der Waals surface area (Å²) in [5.74, 6) is 0.117. The number of hydrogen-bond acceptors (Lipinski definition) is 3. The second-order valence-corrected chi connectivity index (χ2v) is 5.69. The van der Waals surface area contributed by atoms with Crippen molar-refractivity contribution >= 4 is 17.3 Å². The first-order valence-corrected chi connectivity index (χ1v) is 7.15. The normalized spacial score (nSPS) is 26.5. The Morgan fingerprint density at radius 2 is 2.16 bits per heavy atom. The molecular weight excluding hydrogens is 238 g/mol. The number of anilines is 2. The lowest BCUT2D eigenvalue weighted by molar-refractivity contribution is -0.116. The first-order chi connectivity index (χ1) is 9.20. The lowest BCUT2D eigenvalue weighted by atomic mass is 9.91. The average molecular weight is 259 g/mol. The van der Waals surface area contributed by atoms with Crippen molar-refractivity contribution in [2.24, 2.45) is 5.73 Å². The molecule has 0 aromatic heterocycles. The van der Waals surface area contributed by atoms with Gasteiger partial charge < -0.3 is 16.4 Å².